The number of imidazole rings is 1. The normalized spacial score (nSPS) is 11.0. The molecule has 0 radical (unpaired) electrons. The van der Waals surface area contributed by atoms with Crippen molar-refractivity contribution >= 4 is 23.0 Å². The van der Waals surface area contributed by atoms with Gasteiger partial charge in [0.15, 0.2) is 5.69 Å². The van der Waals surface area contributed by atoms with E-state index in [1.54, 1.807) is 53.1 Å². The van der Waals surface area contributed by atoms with E-state index in [-0.39, 0.29) is 17.4 Å². The molecule has 0 atom stereocenters. The molecule has 2 aromatic heterocycles. The number of benzene rings is 1. The van der Waals surface area contributed by atoms with E-state index in [2.05, 4.69) is 15.6 Å². The lowest BCUT2D eigenvalue weighted by Gasteiger charge is -2.19. The first kappa shape index (κ1) is 18.1. The van der Waals surface area contributed by atoms with Gasteiger partial charge in [-0.25, -0.2) is 4.98 Å². The van der Waals surface area contributed by atoms with Gasteiger partial charge in [0.25, 0.3) is 11.8 Å². The minimum Gasteiger partial charge on any atom is -0.345 e. The van der Waals surface area contributed by atoms with Gasteiger partial charge in [-0.15, -0.1) is 0 Å². The zero-order valence-corrected chi connectivity index (χ0v) is 15.3. The van der Waals surface area contributed by atoms with Crippen molar-refractivity contribution in [2.75, 3.05) is 5.32 Å². The van der Waals surface area contributed by atoms with Gasteiger partial charge < -0.3 is 10.6 Å². The Morgan fingerprint density at radius 3 is 2.41 bits per heavy atom. The maximum atomic E-state index is 12.7. The zero-order valence-electron chi connectivity index (χ0n) is 15.3. The zero-order chi connectivity index (χ0) is 19.6. The summed E-state index contributed by atoms with van der Waals surface area (Å²) in [6.07, 6.45) is 1.69. The lowest BCUT2D eigenvalue weighted by molar-refractivity contribution is 0.0908. The fourth-order valence-corrected chi connectivity index (χ4v) is 2.58. The Bertz CT molecular complexity index is 1050. The van der Waals surface area contributed by atoms with Gasteiger partial charge in [-0.1, -0.05) is 6.07 Å². The molecule has 2 heterocycles. The Morgan fingerprint density at radius 2 is 1.78 bits per heavy atom. The second kappa shape index (κ2) is 6.92. The van der Waals surface area contributed by atoms with Crippen LogP contribution in [0.5, 0.6) is 0 Å². The molecule has 2 N–H and O–H groups in total. The summed E-state index contributed by atoms with van der Waals surface area (Å²) in [5.74, 6) is -0.648. The van der Waals surface area contributed by atoms with Gasteiger partial charge in [0.1, 0.15) is 0 Å². The highest BCUT2D eigenvalue weighted by atomic mass is 16.2. The van der Waals surface area contributed by atoms with E-state index in [1.807, 2.05) is 26.8 Å². The van der Waals surface area contributed by atoms with Crippen molar-refractivity contribution in [1.29, 1.82) is 5.26 Å². The van der Waals surface area contributed by atoms with Crippen LogP contribution in [0.3, 0.4) is 0 Å². The van der Waals surface area contributed by atoms with Crippen molar-refractivity contribution < 1.29 is 9.59 Å². The van der Waals surface area contributed by atoms with Gasteiger partial charge in [0.2, 0.25) is 5.82 Å². The number of fused-ring (bicyclic) bond motifs is 1. The summed E-state index contributed by atoms with van der Waals surface area (Å²) in [6.45, 7) is 5.62. The SMILES string of the molecule is CC(C)(C)NC(=O)c1nc(C(=O)Nc2ccc(C#N)cc2)c2ccccn12. The summed E-state index contributed by atoms with van der Waals surface area (Å²) in [5.41, 5.74) is 1.29. The quantitative estimate of drug-likeness (QED) is 0.749. The van der Waals surface area contributed by atoms with Crippen LogP contribution in [0.15, 0.2) is 48.7 Å². The first-order valence-electron chi connectivity index (χ1n) is 8.39. The van der Waals surface area contributed by atoms with Crippen molar-refractivity contribution in [3.05, 3.63) is 65.7 Å². The maximum Gasteiger partial charge on any atom is 0.288 e. The molecule has 0 aliphatic rings. The third-order valence-corrected chi connectivity index (χ3v) is 3.73. The van der Waals surface area contributed by atoms with Crippen molar-refractivity contribution in [3.8, 4) is 6.07 Å². The Labute approximate surface area is 156 Å². The minimum absolute atomic E-state index is 0.144. The Kier molecular flexibility index (Phi) is 4.65. The van der Waals surface area contributed by atoms with Gasteiger partial charge in [-0.05, 0) is 57.2 Å². The molecule has 2 amide bonds. The third kappa shape index (κ3) is 3.96. The minimum atomic E-state index is -0.432. The molecule has 0 aliphatic carbocycles. The van der Waals surface area contributed by atoms with Crippen molar-refractivity contribution in [1.82, 2.24) is 14.7 Å². The highest BCUT2D eigenvalue weighted by molar-refractivity contribution is 6.09. The van der Waals surface area contributed by atoms with Crippen LogP contribution in [0, 0.1) is 11.3 Å². The fraction of sp³-hybridized carbons (Fsp3) is 0.200. The number of nitrogens with zero attached hydrogens (tertiary/aromatic N) is 3. The largest absolute Gasteiger partial charge is 0.345 e. The van der Waals surface area contributed by atoms with Crippen molar-refractivity contribution in [2.45, 2.75) is 26.3 Å². The second-order valence-corrected chi connectivity index (χ2v) is 7.09. The number of amides is 2. The monoisotopic (exact) mass is 361 g/mol. The molecule has 7 heteroatoms. The Morgan fingerprint density at radius 1 is 1.07 bits per heavy atom. The molecule has 7 nitrogen and oxygen atoms in total. The van der Waals surface area contributed by atoms with Crippen LogP contribution in [0.4, 0.5) is 5.69 Å². The number of rotatable bonds is 3. The molecule has 0 saturated heterocycles. The number of hydrogen-bond acceptors (Lipinski definition) is 4. The molecule has 3 rings (SSSR count). The molecule has 0 bridgehead atoms. The molecular formula is C20H19N5O2. The molecule has 136 valence electrons. The number of hydrogen-bond donors (Lipinski definition) is 2. The first-order valence-corrected chi connectivity index (χ1v) is 8.39. The van der Waals surface area contributed by atoms with Crippen LogP contribution < -0.4 is 10.6 Å². The van der Waals surface area contributed by atoms with Crippen LogP contribution in [-0.2, 0) is 0 Å². The van der Waals surface area contributed by atoms with E-state index in [4.69, 9.17) is 5.26 Å². The highest BCUT2D eigenvalue weighted by Gasteiger charge is 2.24. The van der Waals surface area contributed by atoms with E-state index >= 15 is 0 Å². The number of nitriles is 1. The fourth-order valence-electron chi connectivity index (χ4n) is 2.58. The Balaban J connectivity index is 1.95. The van der Waals surface area contributed by atoms with E-state index in [9.17, 15) is 9.59 Å². The van der Waals surface area contributed by atoms with E-state index in [0.29, 0.717) is 16.8 Å². The smallest absolute Gasteiger partial charge is 0.288 e. The van der Waals surface area contributed by atoms with Gasteiger partial charge >= 0.3 is 0 Å². The second-order valence-electron chi connectivity index (χ2n) is 7.09. The van der Waals surface area contributed by atoms with Crippen LogP contribution >= 0.6 is 0 Å². The number of aromatic nitrogens is 2. The summed E-state index contributed by atoms with van der Waals surface area (Å²) < 4.78 is 1.59. The first-order chi connectivity index (χ1) is 12.8. The topological polar surface area (TPSA) is 99.3 Å². The third-order valence-electron chi connectivity index (χ3n) is 3.73. The average molecular weight is 361 g/mol. The van der Waals surface area contributed by atoms with E-state index in [0.717, 1.165) is 0 Å². The Hall–Kier alpha value is -3.66. The van der Waals surface area contributed by atoms with Gasteiger partial charge in [-0.3, -0.25) is 14.0 Å². The van der Waals surface area contributed by atoms with Gasteiger partial charge in [-0.2, -0.15) is 5.26 Å². The maximum absolute atomic E-state index is 12.7. The summed E-state index contributed by atoms with van der Waals surface area (Å²) in [5, 5.41) is 14.5. The number of carbonyl (C=O) groups excluding carboxylic acids is 2. The number of nitrogens with one attached hydrogen (secondary N) is 2. The molecular weight excluding hydrogens is 342 g/mol. The van der Waals surface area contributed by atoms with Crippen LogP contribution in [-0.4, -0.2) is 26.7 Å². The summed E-state index contributed by atoms with van der Waals surface area (Å²) in [6, 6.07) is 13.8. The highest BCUT2D eigenvalue weighted by Crippen LogP contribution is 2.17. The van der Waals surface area contributed by atoms with Crippen molar-refractivity contribution in [2.24, 2.45) is 0 Å². The molecule has 0 fully saturated rings. The molecule has 0 saturated carbocycles. The van der Waals surface area contributed by atoms with Crippen LogP contribution in [0.1, 0.15) is 47.4 Å². The lowest BCUT2D eigenvalue weighted by atomic mass is 10.1. The molecule has 0 unspecified atom stereocenters. The molecule has 3 aromatic rings. The predicted octanol–water partition coefficient (Wildman–Crippen LogP) is 2.99. The molecule has 27 heavy (non-hydrogen) atoms. The average Bonchev–Trinajstić information content (AvgIpc) is 3.01. The van der Waals surface area contributed by atoms with Crippen LogP contribution in [0.25, 0.3) is 5.52 Å². The molecule has 1 aromatic carbocycles. The van der Waals surface area contributed by atoms with Gasteiger partial charge in [0.05, 0.1) is 17.1 Å². The molecule has 0 aliphatic heterocycles. The molecule has 0 spiro atoms. The number of carbonyl (C=O) groups is 2. The van der Waals surface area contributed by atoms with E-state index < -0.39 is 11.4 Å². The predicted molar refractivity (Wildman–Crippen MR) is 102 cm³/mol. The number of anilines is 1. The number of pyridine rings is 1. The summed E-state index contributed by atoms with van der Waals surface area (Å²) in [7, 11) is 0. The lowest BCUT2D eigenvalue weighted by Crippen LogP contribution is -2.41. The standard InChI is InChI=1S/C20H19N5O2/c1-20(2,3)24-19(27)17-23-16(15-6-4-5-11-25(15)17)18(26)22-14-9-7-13(12-21)8-10-14/h4-11H,1-3H3,(H,22,26)(H,24,27). The van der Waals surface area contributed by atoms with E-state index in [1.165, 1.54) is 0 Å². The summed E-state index contributed by atoms with van der Waals surface area (Å²) >= 11 is 0. The van der Waals surface area contributed by atoms with Gasteiger partial charge in [0, 0.05) is 17.4 Å². The summed E-state index contributed by atoms with van der Waals surface area (Å²) in [4.78, 5) is 29.6. The van der Waals surface area contributed by atoms with Crippen molar-refractivity contribution in [3.63, 3.8) is 0 Å². The van der Waals surface area contributed by atoms with Crippen LogP contribution in [0.2, 0.25) is 0 Å².